The van der Waals surface area contributed by atoms with Crippen LogP contribution < -0.4 is 0 Å². The molecule has 1 N–H and O–H groups in total. The minimum Gasteiger partial charge on any atom is -0.301 e. The van der Waals surface area contributed by atoms with Crippen molar-refractivity contribution in [1.29, 1.82) is 0 Å². The first-order valence-electron chi connectivity index (χ1n) is 12.2. The molecule has 8 heteroatoms. The average molecular weight is 477 g/mol. The van der Waals surface area contributed by atoms with Crippen LogP contribution in [-0.2, 0) is 6.42 Å². The number of pyridine rings is 2. The van der Waals surface area contributed by atoms with Crippen LogP contribution in [-0.4, -0.2) is 68.7 Å². The van der Waals surface area contributed by atoms with Crippen molar-refractivity contribution < 1.29 is 8.78 Å². The van der Waals surface area contributed by atoms with Crippen LogP contribution in [0.5, 0.6) is 0 Å². The van der Waals surface area contributed by atoms with Gasteiger partial charge in [-0.2, -0.15) is 5.10 Å². The Hall–Kier alpha value is -3.23. The van der Waals surface area contributed by atoms with Gasteiger partial charge in [0.1, 0.15) is 11.6 Å². The van der Waals surface area contributed by atoms with Crippen molar-refractivity contribution in [2.45, 2.75) is 32.7 Å². The van der Waals surface area contributed by atoms with Crippen LogP contribution in [0.3, 0.4) is 0 Å². The van der Waals surface area contributed by atoms with Gasteiger partial charge in [-0.05, 0) is 69.1 Å². The van der Waals surface area contributed by atoms with Crippen molar-refractivity contribution in [3.63, 3.8) is 0 Å². The minimum absolute atomic E-state index is 0.252. The van der Waals surface area contributed by atoms with E-state index in [0.717, 1.165) is 68.2 Å². The summed E-state index contributed by atoms with van der Waals surface area (Å²) in [7, 11) is 0. The van der Waals surface area contributed by atoms with Crippen LogP contribution in [0.25, 0.3) is 33.5 Å². The number of hydrogen-bond donors (Lipinski definition) is 1. The van der Waals surface area contributed by atoms with E-state index in [9.17, 15) is 8.78 Å². The molecule has 1 aromatic carbocycles. The average Bonchev–Trinajstić information content (AvgIpc) is 3.33. The molecule has 4 aromatic rings. The summed E-state index contributed by atoms with van der Waals surface area (Å²) >= 11 is 0. The third kappa shape index (κ3) is 5.23. The number of halogens is 2. The second-order valence-corrected chi connectivity index (χ2v) is 9.44. The lowest BCUT2D eigenvalue weighted by molar-refractivity contribution is 0.108. The van der Waals surface area contributed by atoms with Crippen molar-refractivity contribution in [2.24, 2.45) is 0 Å². The highest BCUT2D eigenvalue weighted by molar-refractivity contribution is 5.83. The monoisotopic (exact) mass is 476 g/mol. The predicted molar refractivity (Wildman–Crippen MR) is 134 cm³/mol. The molecule has 0 spiro atoms. The number of rotatable bonds is 7. The predicted octanol–water partition coefficient (Wildman–Crippen LogP) is 4.92. The summed E-state index contributed by atoms with van der Waals surface area (Å²) in [5, 5.41) is 6.92. The van der Waals surface area contributed by atoms with E-state index in [0.29, 0.717) is 23.0 Å². The summed E-state index contributed by atoms with van der Waals surface area (Å²) in [5.74, 6) is -1.27. The molecule has 4 heterocycles. The van der Waals surface area contributed by atoms with Crippen molar-refractivity contribution >= 4 is 11.0 Å². The van der Waals surface area contributed by atoms with Gasteiger partial charge >= 0.3 is 0 Å². The number of aryl methyl sites for hydroxylation is 1. The molecule has 1 fully saturated rings. The van der Waals surface area contributed by atoms with E-state index in [1.54, 1.807) is 6.20 Å². The highest BCUT2D eigenvalue weighted by Gasteiger charge is 2.18. The van der Waals surface area contributed by atoms with E-state index in [4.69, 9.17) is 4.98 Å². The number of hydrogen-bond acceptors (Lipinski definition) is 5. The van der Waals surface area contributed by atoms with E-state index in [2.05, 4.69) is 44.9 Å². The first kappa shape index (κ1) is 23.5. The van der Waals surface area contributed by atoms with E-state index >= 15 is 0 Å². The number of fused-ring (bicyclic) bond motifs is 1. The number of H-pyrrole nitrogens is 1. The summed E-state index contributed by atoms with van der Waals surface area (Å²) in [6, 6.07) is 9.97. The molecule has 0 unspecified atom stereocenters. The molecule has 0 saturated carbocycles. The Balaban J connectivity index is 1.30. The molecule has 0 bridgehead atoms. The fourth-order valence-electron chi connectivity index (χ4n) is 4.72. The van der Waals surface area contributed by atoms with Crippen LogP contribution in [0.15, 0.2) is 48.8 Å². The van der Waals surface area contributed by atoms with E-state index in [-0.39, 0.29) is 5.56 Å². The maximum absolute atomic E-state index is 14.4. The smallest absolute Gasteiger partial charge is 0.135 e. The molecule has 0 radical (unpaired) electrons. The van der Waals surface area contributed by atoms with Gasteiger partial charge in [0.2, 0.25) is 0 Å². The van der Waals surface area contributed by atoms with Crippen LogP contribution >= 0.6 is 0 Å². The SMILES string of the molecule is CC(C)N1CCN(CCCc2cnc3ccc(-c4cn[nH]c4-c4ccc(F)cc4F)nc3c2)CC1. The zero-order chi connectivity index (χ0) is 24.4. The molecule has 1 aliphatic heterocycles. The maximum atomic E-state index is 14.4. The van der Waals surface area contributed by atoms with Gasteiger partial charge in [0.25, 0.3) is 0 Å². The minimum atomic E-state index is -0.647. The number of aromatic amines is 1. The molecule has 1 saturated heterocycles. The number of aromatic nitrogens is 4. The van der Waals surface area contributed by atoms with Gasteiger partial charge in [-0.1, -0.05) is 0 Å². The Labute approximate surface area is 204 Å². The molecule has 3 aromatic heterocycles. The van der Waals surface area contributed by atoms with Crippen molar-refractivity contribution in [3.8, 4) is 22.5 Å². The van der Waals surface area contributed by atoms with Gasteiger partial charge in [-0.15, -0.1) is 0 Å². The topological polar surface area (TPSA) is 60.9 Å². The first-order valence-corrected chi connectivity index (χ1v) is 12.2. The van der Waals surface area contributed by atoms with Gasteiger partial charge in [-0.3, -0.25) is 15.0 Å². The molecule has 5 rings (SSSR count). The van der Waals surface area contributed by atoms with Gasteiger partial charge in [0.05, 0.1) is 28.6 Å². The highest BCUT2D eigenvalue weighted by atomic mass is 19.1. The van der Waals surface area contributed by atoms with Crippen LogP contribution in [0, 0.1) is 11.6 Å². The molecule has 6 nitrogen and oxygen atoms in total. The molecule has 0 atom stereocenters. The van der Waals surface area contributed by atoms with Crippen LogP contribution in [0.1, 0.15) is 25.8 Å². The molecule has 182 valence electrons. The molecule has 0 aliphatic carbocycles. The van der Waals surface area contributed by atoms with Crippen molar-refractivity contribution in [3.05, 3.63) is 66.0 Å². The Bertz CT molecular complexity index is 1310. The highest BCUT2D eigenvalue weighted by Crippen LogP contribution is 2.31. The zero-order valence-electron chi connectivity index (χ0n) is 20.1. The maximum Gasteiger partial charge on any atom is 0.135 e. The third-order valence-electron chi connectivity index (χ3n) is 6.79. The fourth-order valence-corrected chi connectivity index (χ4v) is 4.72. The van der Waals surface area contributed by atoms with E-state index in [1.807, 2.05) is 18.3 Å². The Kier molecular flexibility index (Phi) is 6.83. The largest absolute Gasteiger partial charge is 0.301 e. The Morgan fingerprint density at radius 1 is 0.943 bits per heavy atom. The van der Waals surface area contributed by atoms with Gasteiger partial charge in [0, 0.05) is 55.6 Å². The molecular formula is C27H30F2N6. The molecular weight excluding hydrogens is 446 g/mol. The van der Waals surface area contributed by atoms with Crippen molar-refractivity contribution in [2.75, 3.05) is 32.7 Å². The summed E-state index contributed by atoms with van der Waals surface area (Å²) in [4.78, 5) is 14.5. The molecule has 0 amide bonds. The molecule has 1 aliphatic rings. The fraction of sp³-hybridized carbons (Fsp3) is 0.370. The summed E-state index contributed by atoms with van der Waals surface area (Å²) in [6.07, 6.45) is 5.56. The normalized spacial score (nSPS) is 15.3. The summed E-state index contributed by atoms with van der Waals surface area (Å²) < 4.78 is 27.8. The second kappa shape index (κ2) is 10.2. The number of nitrogens with zero attached hydrogens (tertiary/aromatic N) is 5. The number of piperazine rings is 1. The van der Waals surface area contributed by atoms with Crippen LogP contribution in [0.4, 0.5) is 8.78 Å². The standard InChI is InChI=1S/C27H30F2N6/c1-18(2)35-12-10-34(11-13-35)9-3-4-19-14-26-25(30-16-19)8-7-24(32-26)22-17-31-33-27(22)21-6-5-20(28)15-23(21)29/h5-8,14-18H,3-4,9-13H2,1-2H3,(H,31,33). The first-order chi connectivity index (χ1) is 17.0. The lowest BCUT2D eigenvalue weighted by Gasteiger charge is -2.36. The number of benzene rings is 1. The van der Waals surface area contributed by atoms with Crippen molar-refractivity contribution in [1.82, 2.24) is 30.0 Å². The van der Waals surface area contributed by atoms with E-state index < -0.39 is 11.6 Å². The molecule has 35 heavy (non-hydrogen) atoms. The summed E-state index contributed by atoms with van der Waals surface area (Å²) in [5.41, 5.74) is 4.78. The van der Waals surface area contributed by atoms with Gasteiger partial charge in [-0.25, -0.2) is 13.8 Å². The van der Waals surface area contributed by atoms with E-state index in [1.165, 1.54) is 12.1 Å². The Morgan fingerprint density at radius 3 is 2.54 bits per heavy atom. The lowest BCUT2D eigenvalue weighted by atomic mass is 10.0. The number of nitrogens with one attached hydrogen (secondary N) is 1. The van der Waals surface area contributed by atoms with Gasteiger partial charge in [0.15, 0.2) is 0 Å². The Morgan fingerprint density at radius 2 is 1.77 bits per heavy atom. The zero-order valence-corrected chi connectivity index (χ0v) is 20.1. The van der Waals surface area contributed by atoms with Crippen LogP contribution in [0.2, 0.25) is 0 Å². The lowest BCUT2D eigenvalue weighted by Crippen LogP contribution is -2.48. The second-order valence-electron chi connectivity index (χ2n) is 9.44. The summed E-state index contributed by atoms with van der Waals surface area (Å²) in [6.45, 7) is 10.1. The quantitative estimate of drug-likeness (QED) is 0.410. The van der Waals surface area contributed by atoms with Gasteiger partial charge < -0.3 is 4.90 Å². The third-order valence-corrected chi connectivity index (χ3v) is 6.79.